The normalized spacial score (nSPS) is 17.0. The summed E-state index contributed by atoms with van der Waals surface area (Å²) < 4.78 is 37.9. The number of amides is 1. The summed E-state index contributed by atoms with van der Waals surface area (Å²) in [6.45, 7) is 4.77. The van der Waals surface area contributed by atoms with Crippen molar-refractivity contribution in [3.63, 3.8) is 0 Å². The topological polar surface area (TPSA) is 20.3 Å². The molecule has 1 aliphatic rings. The van der Waals surface area contributed by atoms with Gasteiger partial charge < -0.3 is 4.90 Å². The second-order valence-electron chi connectivity index (χ2n) is 5.35. The summed E-state index contributed by atoms with van der Waals surface area (Å²) in [6.07, 6.45) is 2.28. The molecular formula is C17H18F3NO. The maximum Gasteiger partial charge on any atom is 0.416 e. The minimum atomic E-state index is -4.32. The fraction of sp³-hybridized carbons (Fsp3) is 0.353. The lowest BCUT2D eigenvalue weighted by atomic mass is 9.95. The second kappa shape index (κ2) is 6.81. The zero-order chi connectivity index (χ0) is 16.2. The van der Waals surface area contributed by atoms with Crippen LogP contribution in [0.15, 0.2) is 43.0 Å². The summed E-state index contributed by atoms with van der Waals surface area (Å²) in [5, 5.41) is 0. The monoisotopic (exact) mass is 309 g/mol. The van der Waals surface area contributed by atoms with Gasteiger partial charge in [-0.25, -0.2) is 0 Å². The first-order valence-electron chi connectivity index (χ1n) is 7.17. The number of piperidine rings is 1. The van der Waals surface area contributed by atoms with Crippen molar-refractivity contribution in [3.8, 4) is 0 Å². The minimum absolute atomic E-state index is 0.0692. The molecule has 0 unspecified atom stereocenters. The van der Waals surface area contributed by atoms with E-state index in [9.17, 15) is 18.0 Å². The third-order valence-electron chi connectivity index (χ3n) is 3.80. The van der Waals surface area contributed by atoms with E-state index >= 15 is 0 Å². The van der Waals surface area contributed by atoms with Crippen LogP contribution in [0, 0.1) is 5.92 Å². The lowest BCUT2D eigenvalue weighted by molar-refractivity contribution is -0.137. The highest BCUT2D eigenvalue weighted by atomic mass is 19.4. The molecule has 1 fully saturated rings. The highest BCUT2D eigenvalue weighted by Gasteiger charge is 2.30. The number of nitrogens with zero attached hydrogens (tertiary/aromatic N) is 1. The summed E-state index contributed by atoms with van der Waals surface area (Å²) in [4.78, 5) is 13.2. The Labute approximate surface area is 127 Å². The van der Waals surface area contributed by atoms with Crippen LogP contribution >= 0.6 is 0 Å². The Morgan fingerprint density at radius 3 is 2.55 bits per heavy atom. The highest BCUT2D eigenvalue weighted by Crippen LogP contribution is 2.30. The number of benzene rings is 1. The van der Waals surface area contributed by atoms with Crippen LogP contribution in [0.4, 0.5) is 13.2 Å². The van der Waals surface area contributed by atoms with Gasteiger partial charge in [-0.05, 0) is 42.5 Å². The predicted octanol–water partition coefficient (Wildman–Crippen LogP) is 4.14. The molecule has 1 amide bonds. The first kappa shape index (κ1) is 16.3. The quantitative estimate of drug-likeness (QED) is 0.768. The van der Waals surface area contributed by atoms with Crippen molar-refractivity contribution in [2.24, 2.45) is 5.92 Å². The SMILES string of the molecule is C=CC(=O)N1CCC(C=Cc2cccc(C(F)(F)F)c2)CC1. The molecule has 0 aliphatic carbocycles. The van der Waals surface area contributed by atoms with Crippen LogP contribution in [0.3, 0.4) is 0 Å². The molecule has 22 heavy (non-hydrogen) atoms. The molecule has 1 saturated heterocycles. The van der Waals surface area contributed by atoms with Crippen molar-refractivity contribution in [2.75, 3.05) is 13.1 Å². The molecule has 1 aromatic rings. The van der Waals surface area contributed by atoms with E-state index in [2.05, 4.69) is 6.58 Å². The van der Waals surface area contributed by atoms with E-state index in [-0.39, 0.29) is 11.8 Å². The number of hydrogen-bond acceptors (Lipinski definition) is 1. The van der Waals surface area contributed by atoms with Crippen LogP contribution in [0.25, 0.3) is 6.08 Å². The molecular weight excluding hydrogens is 291 g/mol. The third kappa shape index (κ3) is 4.23. The van der Waals surface area contributed by atoms with Gasteiger partial charge in [-0.15, -0.1) is 0 Å². The molecule has 2 rings (SSSR count). The van der Waals surface area contributed by atoms with Crippen molar-refractivity contribution >= 4 is 12.0 Å². The number of carbonyl (C=O) groups excluding carboxylic acids is 1. The van der Waals surface area contributed by atoms with Crippen LogP contribution in [0.2, 0.25) is 0 Å². The van der Waals surface area contributed by atoms with Crippen LogP contribution in [-0.2, 0) is 11.0 Å². The molecule has 0 radical (unpaired) electrons. The summed E-state index contributed by atoms with van der Waals surface area (Å²) in [5.74, 6) is 0.212. The van der Waals surface area contributed by atoms with E-state index in [1.54, 1.807) is 17.0 Å². The minimum Gasteiger partial charge on any atom is -0.339 e. The summed E-state index contributed by atoms with van der Waals surface area (Å²) in [7, 11) is 0. The Bertz CT molecular complexity index is 570. The molecule has 1 aromatic carbocycles. The number of rotatable bonds is 3. The van der Waals surface area contributed by atoms with E-state index in [1.165, 1.54) is 12.1 Å². The van der Waals surface area contributed by atoms with Gasteiger partial charge in [0, 0.05) is 13.1 Å². The Hall–Kier alpha value is -2.04. The highest BCUT2D eigenvalue weighted by molar-refractivity contribution is 5.87. The van der Waals surface area contributed by atoms with Crippen LogP contribution in [0.1, 0.15) is 24.0 Å². The van der Waals surface area contributed by atoms with Gasteiger partial charge in [-0.3, -0.25) is 4.79 Å². The molecule has 0 aromatic heterocycles. The number of hydrogen-bond donors (Lipinski definition) is 0. The molecule has 2 nitrogen and oxygen atoms in total. The van der Waals surface area contributed by atoms with Gasteiger partial charge in [0.1, 0.15) is 0 Å². The Morgan fingerprint density at radius 2 is 1.95 bits per heavy atom. The predicted molar refractivity (Wildman–Crippen MR) is 80.0 cm³/mol. The van der Waals surface area contributed by atoms with Gasteiger partial charge in [0.2, 0.25) is 5.91 Å². The molecule has 0 atom stereocenters. The van der Waals surface area contributed by atoms with Crippen LogP contribution < -0.4 is 0 Å². The largest absolute Gasteiger partial charge is 0.416 e. The zero-order valence-corrected chi connectivity index (χ0v) is 12.1. The second-order valence-corrected chi connectivity index (χ2v) is 5.35. The fourth-order valence-electron chi connectivity index (χ4n) is 2.51. The van der Waals surface area contributed by atoms with E-state index in [1.807, 2.05) is 6.08 Å². The van der Waals surface area contributed by atoms with Crippen molar-refractivity contribution in [2.45, 2.75) is 19.0 Å². The fourth-order valence-corrected chi connectivity index (χ4v) is 2.51. The zero-order valence-electron chi connectivity index (χ0n) is 12.1. The summed E-state index contributed by atoms with van der Waals surface area (Å²) >= 11 is 0. The molecule has 0 spiro atoms. The van der Waals surface area contributed by atoms with E-state index < -0.39 is 11.7 Å². The molecule has 118 valence electrons. The lowest BCUT2D eigenvalue weighted by Gasteiger charge is -2.29. The summed E-state index contributed by atoms with van der Waals surface area (Å²) in [5.41, 5.74) is -0.0968. The molecule has 0 saturated carbocycles. The number of carbonyl (C=O) groups is 1. The average molecular weight is 309 g/mol. The summed E-state index contributed by atoms with van der Waals surface area (Å²) in [6, 6.07) is 5.28. The Balaban J connectivity index is 1.96. The van der Waals surface area contributed by atoms with E-state index in [0.717, 1.165) is 25.0 Å². The van der Waals surface area contributed by atoms with Gasteiger partial charge in [0.25, 0.3) is 0 Å². The van der Waals surface area contributed by atoms with Crippen molar-refractivity contribution < 1.29 is 18.0 Å². The number of allylic oxidation sites excluding steroid dienone is 1. The van der Waals surface area contributed by atoms with Crippen molar-refractivity contribution in [1.82, 2.24) is 4.90 Å². The smallest absolute Gasteiger partial charge is 0.339 e. The average Bonchev–Trinajstić information content (AvgIpc) is 2.52. The van der Waals surface area contributed by atoms with Gasteiger partial charge in [-0.1, -0.05) is 30.9 Å². The Kier molecular flexibility index (Phi) is 5.06. The molecule has 0 N–H and O–H groups in total. The first-order valence-corrected chi connectivity index (χ1v) is 7.17. The molecule has 1 aliphatic heterocycles. The number of halogens is 3. The van der Waals surface area contributed by atoms with Crippen LogP contribution in [0.5, 0.6) is 0 Å². The first-order chi connectivity index (χ1) is 10.4. The van der Waals surface area contributed by atoms with Crippen LogP contribution in [-0.4, -0.2) is 23.9 Å². The van der Waals surface area contributed by atoms with Gasteiger partial charge >= 0.3 is 6.18 Å². The van der Waals surface area contributed by atoms with E-state index in [4.69, 9.17) is 0 Å². The van der Waals surface area contributed by atoms with Gasteiger partial charge in [0.15, 0.2) is 0 Å². The van der Waals surface area contributed by atoms with E-state index in [0.29, 0.717) is 18.7 Å². The standard InChI is InChI=1S/C17H18F3NO/c1-2-16(22)21-10-8-13(9-11-21)6-7-14-4-3-5-15(12-14)17(18,19)20/h2-7,12-13H,1,8-11H2. The molecule has 5 heteroatoms. The Morgan fingerprint density at radius 1 is 1.27 bits per heavy atom. The van der Waals surface area contributed by atoms with Crippen molar-refractivity contribution in [1.29, 1.82) is 0 Å². The molecule has 0 bridgehead atoms. The van der Waals surface area contributed by atoms with Crippen molar-refractivity contribution in [3.05, 3.63) is 54.1 Å². The van der Waals surface area contributed by atoms with Gasteiger partial charge in [0.05, 0.1) is 5.56 Å². The number of likely N-dealkylation sites (tertiary alicyclic amines) is 1. The lowest BCUT2D eigenvalue weighted by Crippen LogP contribution is -2.36. The van der Waals surface area contributed by atoms with Gasteiger partial charge in [-0.2, -0.15) is 13.2 Å². The third-order valence-corrected chi connectivity index (χ3v) is 3.80. The maximum absolute atomic E-state index is 12.6. The molecule has 1 heterocycles. The maximum atomic E-state index is 12.6. The number of alkyl halides is 3.